The van der Waals surface area contributed by atoms with Crippen molar-refractivity contribution in [3.8, 4) is 0 Å². The van der Waals surface area contributed by atoms with Crippen molar-refractivity contribution in [2.45, 2.75) is 44.2 Å². The smallest absolute Gasteiger partial charge is 0.326 e. The van der Waals surface area contributed by atoms with E-state index in [0.29, 0.717) is 6.42 Å². The standard InChI is InChI=1S/C15H19N3O4/c1-17-13(19)7-6-10(16-17)14(20)18-11-5-3-2-4-9(11)8-12(18)15(21)22/h6-7,9,11-12H,2-5,8H2,1H3,(H,21,22). The Kier molecular flexibility index (Phi) is 3.72. The van der Waals surface area contributed by atoms with Gasteiger partial charge in [0.25, 0.3) is 11.5 Å². The van der Waals surface area contributed by atoms with Gasteiger partial charge in [0.1, 0.15) is 11.7 Å². The molecule has 0 aromatic carbocycles. The second kappa shape index (κ2) is 5.55. The molecule has 1 aromatic rings. The number of carboxylic acid groups (broad SMARTS) is 1. The molecule has 0 spiro atoms. The van der Waals surface area contributed by atoms with Gasteiger partial charge in [-0.25, -0.2) is 9.48 Å². The van der Waals surface area contributed by atoms with Gasteiger partial charge in [-0.05, 0) is 31.2 Å². The number of aryl methyl sites for hydroxylation is 1. The summed E-state index contributed by atoms with van der Waals surface area (Å²) < 4.78 is 1.09. The van der Waals surface area contributed by atoms with Crippen molar-refractivity contribution < 1.29 is 14.7 Å². The number of amides is 1. The Balaban J connectivity index is 1.95. The molecular formula is C15H19N3O4. The second-order valence-electron chi connectivity index (χ2n) is 6.09. The number of aliphatic carboxylic acids is 1. The number of carboxylic acids is 1. The zero-order valence-electron chi connectivity index (χ0n) is 12.4. The Morgan fingerprint density at radius 3 is 2.68 bits per heavy atom. The largest absolute Gasteiger partial charge is 0.480 e. The molecule has 1 aromatic heterocycles. The fourth-order valence-corrected chi connectivity index (χ4v) is 3.72. The molecule has 118 valence electrons. The number of carbonyl (C=O) groups is 2. The number of rotatable bonds is 2. The summed E-state index contributed by atoms with van der Waals surface area (Å²) in [7, 11) is 1.47. The van der Waals surface area contributed by atoms with E-state index in [1.807, 2.05) is 0 Å². The Morgan fingerprint density at radius 2 is 2.00 bits per heavy atom. The Bertz CT molecular complexity index is 669. The maximum atomic E-state index is 12.8. The van der Waals surface area contributed by atoms with Crippen LogP contribution in [-0.2, 0) is 11.8 Å². The van der Waals surface area contributed by atoms with Crippen molar-refractivity contribution in [1.82, 2.24) is 14.7 Å². The third-order valence-corrected chi connectivity index (χ3v) is 4.79. The number of likely N-dealkylation sites (tertiary alicyclic amines) is 1. The topological polar surface area (TPSA) is 92.5 Å². The number of fused-ring (bicyclic) bond motifs is 1. The minimum absolute atomic E-state index is 0.0265. The average molecular weight is 305 g/mol. The third-order valence-electron chi connectivity index (χ3n) is 4.79. The molecule has 7 heteroatoms. The average Bonchev–Trinajstić information content (AvgIpc) is 2.89. The van der Waals surface area contributed by atoms with Crippen LogP contribution in [-0.4, -0.2) is 43.7 Å². The van der Waals surface area contributed by atoms with E-state index >= 15 is 0 Å². The number of aromatic nitrogens is 2. The van der Waals surface area contributed by atoms with E-state index in [1.165, 1.54) is 24.1 Å². The highest BCUT2D eigenvalue weighted by Crippen LogP contribution is 2.40. The Labute approximate surface area is 127 Å². The van der Waals surface area contributed by atoms with Crippen molar-refractivity contribution in [3.05, 3.63) is 28.2 Å². The van der Waals surface area contributed by atoms with Crippen molar-refractivity contribution in [2.75, 3.05) is 0 Å². The molecule has 7 nitrogen and oxygen atoms in total. The lowest BCUT2D eigenvalue weighted by Gasteiger charge is -2.32. The lowest BCUT2D eigenvalue weighted by molar-refractivity contribution is -0.141. The van der Waals surface area contributed by atoms with Gasteiger partial charge in [0.15, 0.2) is 0 Å². The third kappa shape index (κ3) is 2.40. The van der Waals surface area contributed by atoms with Crippen LogP contribution in [0, 0.1) is 5.92 Å². The molecule has 0 bridgehead atoms. The zero-order valence-corrected chi connectivity index (χ0v) is 12.4. The molecule has 3 atom stereocenters. The molecule has 1 amide bonds. The molecule has 2 heterocycles. The zero-order chi connectivity index (χ0) is 15.9. The predicted molar refractivity (Wildman–Crippen MR) is 77.4 cm³/mol. The lowest BCUT2D eigenvalue weighted by atomic mass is 9.84. The summed E-state index contributed by atoms with van der Waals surface area (Å²) in [5.74, 6) is -1.10. The van der Waals surface area contributed by atoms with Crippen molar-refractivity contribution in [2.24, 2.45) is 13.0 Å². The molecule has 1 aliphatic heterocycles. The van der Waals surface area contributed by atoms with Crippen LogP contribution in [0.4, 0.5) is 0 Å². The molecule has 0 radical (unpaired) electrons. The maximum Gasteiger partial charge on any atom is 0.326 e. The van der Waals surface area contributed by atoms with E-state index in [9.17, 15) is 19.5 Å². The van der Waals surface area contributed by atoms with E-state index in [0.717, 1.165) is 30.4 Å². The highest BCUT2D eigenvalue weighted by atomic mass is 16.4. The van der Waals surface area contributed by atoms with Crippen LogP contribution in [0.2, 0.25) is 0 Å². The first-order valence-electron chi connectivity index (χ1n) is 7.59. The van der Waals surface area contributed by atoms with Crippen LogP contribution in [0.3, 0.4) is 0 Å². The Morgan fingerprint density at radius 1 is 1.27 bits per heavy atom. The number of hydrogen-bond acceptors (Lipinski definition) is 4. The highest BCUT2D eigenvalue weighted by Gasteiger charge is 2.48. The molecule has 3 unspecified atom stereocenters. The van der Waals surface area contributed by atoms with Gasteiger partial charge < -0.3 is 10.0 Å². The van der Waals surface area contributed by atoms with Crippen molar-refractivity contribution in [3.63, 3.8) is 0 Å². The first kappa shape index (κ1) is 14.7. The summed E-state index contributed by atoms with van der Waals surface area (Å²) in [5, 5.41) is 13.4. The molecular weight excluding hydrogens is 286 g/mol. The first-order valence-corrected chi connectivity index (χ1v) is 7.59. The SMILES string of the molecule is Cn1nc(C(=O)N2C(C(=O)O)CC3CCCCC32)ccc1=O. The summed E-state index contributed by atoms with van der Waals surface area (Å²) in [4.78, 5) is 37.2. The van der Waals surface area contributed by atoms with Crippen molar-refractivity contribution in [1.29, 1.82) is 0 Å². The second-order valence-corrected chi connectivity index (χ2v) is 6.09. The predicted octanol–water partition coefficient (Wildman–Crippen LogP) is 0.638. The summed E-state index contributed by atoms with van der Waals surface area (Å²) >= 11 is 0. The quantitative estimate of drug-likeness (QED) is 0.865. The van der Waals surface area contributed by atoms with Gasteiger partial charge in [-0.2, -0.15) is 5.10 Å². The van der Waals surface area contributed by atoms with Gasteiger partial charge in [-0.3, -0.25) is 9.59 Å². The Hall–Kier alpha value is -2.18. The minimum atomic E-state index is -0.965. The number of hydrogen-bond donors (Lipinski definition) is 1. The normalized spacial score (nSPS) is 27.5. The van der Waals surface area contributed by atoms with Gasteiger partial charge >= 0.3 is 5.97 Å². The van der Waals surface area contributed by atoms with Crippen LogP contribution < -0.4 is 5.56 Å². The van der Waals surface area contributed by atoms with Gasteiger partial charge in [-0.15, -0.1) is 0 Å². The summed E-state index contributed by atoms with van der Waals surface area (Å²) in [6.45, 7) is 0. The number of nitrogens with zero attached hydrogens (tertiary/aromatic N) is 3. The van der Waals surface area contributed by atoms with Crippen LogP contribution >= 0.6 is 0 Å². The van der Waals surface area contributed by atoms with Gasteiger partial charge in [0.2, 0.25) is 0 Å². The van der Waals surface area contributed by atoms with Gasteiger partial charge in [0, 0.05) is 19.2 Å². The summed E-state index contributed by atoms with van der Waals surface area (Å²) in [5.41, 5.74) is -0.178. The molecule has 2 fully saturated rings. The van der Waals surface area contributed by atoms with E-state index in [-0.39, 0.29) is 23.2 Å². The van der Waals surface area contributed by atoms with E-state index in [4.69, 9.17) is 0 Å². The lowest BCUT2D eigenvalue weighted by Crippen LogP contribution is -2.46. The number of carbonyl (C=O) groups excluding carboxylic acids is 1. The molecule has 22 heavy (non-hydrogen) atoms. The fourth-order valence-electron chi connectivity index (χ4n) is 3.72. The van der Waals surface area contributed by atoms with E-state index < -0.39 is 17.9 Å². The van der Waals surface area contributed by atoms with Crippen LogP contribution in [0.5, 0.6) is 0 Å². The van der Waals surface area contributed by atoms with Gasteiger partial charge in [0.05, 0.1) is 0 Å². The van der Waals surface area contributed by atoms with Crippen LogP contribution in [0.1, 0.15) is 42.6 Å². The summed E-state index contributed by atoms with van der Waals surface area (Å²) in [6.07, 6.45) is 4.42. The maximum absolute atomic E-state index is 12.8. The summed E-state index contributed by atoms with van der Waals surface area (Å²) in [6, 6.07) is 1.84. The molecule has 1 saturated carbocycles. The molecule has 1 saturated heterocycles. The van der Waals surface area contributed by atoms with Crippen molar-refractivity contribution >= 4 is 11.9 Å². The first-order chi connectivity index (χ1) is 10.5. The van der Waals surface area contributed by atoms with Gasteiger partial charge in [-0.1, -0.05) is 12.8 Å². The van der Waals surface area contributed by atoms with Crippen LogP contribution in [0.25, 0.3) is 0 Å². The monoisotopic (exact) mass is 305 g/mol. The fraction of sp³-hybridized carbons (Fsp3) is 0.600. The molecule has 2 aliphatic rings. The minimum Gasteiger partial charge on any atom is -0.480 e. The molecule has 1 aliphatic carbocycles. The van der Waals surface area contributed by atoms with Crippen LogP contribution in [0.15, 0.2) is 16.9 Å². The van der Waals surface area contributed by atoms with E-state index in [2.05, 4.69) is 5.10 Å². The van der Waals surface area contributed by atoms with E-state index in [1.54, 1.807) is 0 Å². The molecule has 3 rings (SSSR count). The molecule has 1 N–H and O–H groups in total. The highest BCUT2D eigenvalue weighted by molar-refractivity contribution is 5.95.